The van der Waals surface area contributed by atoms with Gasteiger partial charge in [-0.25, -0.2) is 8.42 Å². The summed E-state index contributed by atoms with van der Waals surface area (Å²) in [6, 6.07) is 4.69. The van der Waals surface area contributed by atoms with Crippen LogP contribution in [0.5, 0.6) is 0 Å². The van der Waals surface area contributed by atoms with Crippen molar-refractivity contribution in [3.63, 3.8) is 0 Å². The molecule has 0 bridgehead atoms. The van der Waals surface area contributed by atoms with Gasteiger partial charge in [-0.1, -0.05) is 22.9 Å². The number of nitrogens with two attached hydrogens (primary N) is 1. The molecule has 0 amide bonds. The van der Waals surface area contributed by atoms with Crippen LogP contribution in [0.3, 0.4) is 0 Å². The minimum atomic E-state index is -3.72. The van der Waals surface area contributed by atoms with Crippen molar-refractivity contribution in [3.05, 3.63) is 22.7 Å². The van der Waals surface area contributed by atoms with E-state index in [0.29, 0.717) is 4.47 Å². The average molecular weight is 351 g/mol. The molecule has 0 aromatic heterocycles. The minimum Gasteiger partial charge on any atom is -0.398 e. The van der Waals surface area contributed by atoms with E-state index < -0.39 is 15.6 Å². The van der Waals surface area contributed by atoms with Crippen LogP contribution >= 0.6 is 15.9 Å². The number of hydrogen-bond donors (Lipinski definition) is 2. The Bertz CT molecular complexity index is 553. The zero-order valence-electron chi connectivity index (χ0n) is 11.2. The molecule has 1 aromatic carbocycles. The predicted octanol–water partition coefficient (Wildman–Crippen LogP) is 1.81. The zero-order valence-corrected chi connectivity index (χ0v) is 13.6. The third-order valence-electron chi connectivity index (χ3n) is 2.51. The standard InChI is InChI=1S/C12H19BrN2O3S/c1-4-15(8-12(2,3)16)19(17,18)11-7-9(13)5-6-10(11)14/h5-7,16H,4,8,14H2,1-3H3. The number of hydrogen-bond acceptors (Lipinski definition) is 4. The molecule has 0 heterocycles. The number of anilines is 1. The number of aliphatic hydroxyl groups is 1. The highest BCUT2D eigenvalue weighted by molar-refractivity contribution is 9.10. The summed E-state index contributed by atoms with van der Waals surface area (Å²) in [6.07, 6.45) is 0. The summed E-state index contributed by atoms with van der Waals surface area (Å²) in [7, 11) is -3.72. The Morgan fingerprint density at radius 1 is 1.42 bits per heavy atom. The fourth-order valence-corrected chi connectivity index (χ4v) is 3.93. The Morgan fingerprint density at radius 3 is 2.47 bits per heavy atom. The molecule has 0 atom stereocenters. The first-order valence-corrected chi connectivity index (χ1v) is 8.09. The van der Waals surface area contributed by atoms with Crippen molar-refractivity contribution in [2.45, 2.75) is 31.3 Å². The van der Waals surface area contributed by atoms with Crippen molar-refractivity contribution in [1.82, 2.24) is 4.31 Å². The van der Waals surface area contributed by atoms with E-state index in [1.54, 1.807) is 26.8 Å². The summed E-state index contributed by atoms with van der Waals surface area (Å²) < 4.78 is 26.9. The van der Waals surface area contributed by atoms with Crippen LogP contribution in [0.15, 0.2) is 27.6 Å². The second kappa shape index (κ2) is 5.78. The maximum absolute atomic E-state index is 12.5. The van der Waals surface area contributed by atoms with E-state index in [1.165, 1.54) is 16.4 Å². The van der Waals surface area contributed by atoms with Gasteiger partial charge < -0.3 is 10.8 Å². The average Bonchev–Trinajstić information content (AvgIpc) is 2.27. The van der Waals surface area contributed by atoms with Crippen molar-refractivity contribution in [3.8, 4) is 0 Å². The van der Waals surface area contributed by atoms with E-state index in [4.69, 9.17) is 5.73 Å². The largest absolute Gasteiger partial charge is 0.398 e. The molecule has 0 fully saturated rings. The molecule has 0 radical (unpaired) electrons. The van der Waals surface area contributed by atoms with Crippen molar-refractivity contribution in [2.75, 3.05) is 18.8 Å². The first-order valence-electron chi connectivity index (χ1n) is 5.85. The lowest BCUT2D eigenvalue weighted by atomic mass is 10.1. The smallest absolute Gasteiger partial charge is 0.245 e. The highest BCUT2D eigenvalue weighted by Crippen LogP contribution is 2.26. The SMILES string of the molecule is CCN(CC(C)(C)O)S(=O)(=O)c1cc(Br)ccc1N. The molecule has 0 aliphatic carbocycles. The van der Waals surface area contributed by atoms with Gasteiger partial charge in [0.25, 0.3) is 0 Å². The number of nitrogen functional groups attached to an aromatic ring is 1. The van der Waals surface area contributed by atoms with Crippen LogP contribution in [0.2, 0.25) is 0 Å². The van der Waals surface area contributed by atoms with Gasteiger partial charge in [0.05, 0.1) is 11.3 Å². The fraction of sp³-hybridized carbons (Fsp3) is 0.500. The maximum Gasteiger partial charge on any atom is 0.245 e. The quantitative estimate of drug-likeness (QED) is 0.793. The van der Waals surface area contributed by atoms with Crippen LogP contribution in [-0.2, 0) is 10.0 Å². The molecule has 0 saturated carbocycles. The first kappa shape index (κ1) is 16.4. The number of benzene rings is 1. The van der Waals surface area contributed by atoms with Crippen molar-refractivity contribution < 1.29 is 13.5 Å². The van der Waals surface area contributed by atoms with E-state index in [9.17, 15) is 13.5 Å². The second-order valence-corrected chi connectivity index (χ2v) is 7.75. The minimum absolute atomic E-state index is 0.0117. The molecule has 1 rings (SSSR count). The Hall–Kier alpha value is -0.630. The maximum atomic E-state index is 12.5. The third-order valence-corrected chi connectivity index (χ3v) is 4.98. The van der Waals surface area contributed by atoms with Crippen molar-refractivity contribution in [1.29, 1.82) is 0 Å². The molecule has 0 unspecified atom stereocenters. The van der Waals surface area contributed by atoms with Crippen LogP contribution in [0.25, 0.3) is 0 Å². The monoisotopic (exact) mass is 350 g/mol. The normalized spacial score (nSPS) is 12.9. The van der Waals surface area contributed by atoms with E-state index in [1.807, 2.05) is 0 Å². The molecule has 0 aliphatic heterocycles. The van der Waals surface area contributed by atoms with E-state index >= 15 is 0 Å². The number of halogens is 1. The van der Waals surface area contributed by atoms with Crippen LogP contribution in [0.1, 0.15) is 20.8 Å². The molecule has 108 valence electrons. The first-order chi connectivity index (χ1) is 8.58. The molecule has 19 heavy (non-hydrogen) atoms. The lowest BCUT2D eigenvalue weighted by molar-refractivity contribution is 0.0601. The van der Waals surface area contributed by atoms with Gasteiger partial charge in [-0.15, -0.1) is 0 Å². The van der Waals surface area contributed by atoms with Gasteiger partial charge in [-0.3, -0.25) is 0 Å². The molecule has 3 N–H and O–H groups in total. The highest BCUT2D eigenvalue weighted by atomic mass is 79.9. The number of sulfonamides is 1. The lowest BCUT2D eigenvalue weighted by Gasteiger charge is -2.27. The number of nitrogens with zero attached hydrogens (tertiary/aromatic N) is 1. The summed E-state index contributed by atoms with van der Waals surface area (Å²) in [5.41, 5.74) is 4.83. The molecule has 0 spiro atoms. The Morgan fingerprint density at radius 2 is 2.00 bits per heavy atom. The second-order valence-electron chi connectivity index (χ2n) is 4.93. The zero-order chi connectivity index (χ0) is 14.8. The Balaban J connectivity index is 3.25. The van der Waals surface area contributed by atoms with E-state index in [0.717, 1.165) is 0 Å². The predicted molar refractivity (Wildman–Crippen MR) is 79.3 cm³/mol. The Labute approximate surface area is 122 Å². The van der Waals surface area contributed by atoms with Gasteiger partial charge in [-0.2, -0.15) is 4.31 Å². The van der Waals surface area contributed by atoms with Gasteiger partial charge in [0.15, 0.2) is 0 Å². The van der Waals surface area contributed by atoms with Gasteiger partial charge >= 0.3 is 0 Å². The lowest BCUT2D eigenvalue weighted by Crippen LogP contribution is -2.42. The topological polar surface area (TPSA) is 83.6 Å². The Kier molecular flexibility index (Phi) is 5.00. The summed E-state index contributed by atoms with van der Waals surface area (Å²) in [5, 5.41) is 9.81. The van der Waals surface area contributed by atoms with Crippen molar-refractivity contribution >= 4 is 31.6 Å². The highest BCUT2D eigenvalue weighted by Gasteiger charge is 2.29. The number of rotatable bonds is 5. The van der Waals surface area contributed by atoms with E-state index in [2.05, 4.69) is 15.9 Å². The molecule has 0 aliphatic rings. The molecule has 5 nitrogen and oxygen atoms in total. The summed E-state index contributed by atoms with van der Waals surface area (Å²) in [4.78, 5) is 0.0491. The molecule has 7 heteroatoms. The van der Waals surface area contributed by atoms with Gasteiger partial charge in [0, 0.05) is 17.6 Å². The summed E-state index contributed by atoms with van der Waals surface area (Å²) in [6.45, 7) is 5.12. The van der Waals surface area contributed by atoms with Crippen LogP contribution in [-0.4, -0.2) is 36.5 Å². The third kappa shape index (κ3) is 4.17. The molecular formula is C12H19BrN2O3S. The fourth-order valence-electron chi connectivity index (χ4n) is 1.67. The van der Waals surface area contributed by atoms with Crippen LogP contribution in [0, 0.1) is 0 Å². The summed E-state index contributed by atoms with van der Waals surface area (Å²) in [5.74, 6) is 0. The van der Waals surface area contributed by atoms with E-state index in [-0.39, 0.29) is 23.7 Å². The van der Waals surface area contributed by atoms with Gasteiger partial charge in [0.1, 0.15) is 4.90 Å². The van der Waals surface area contributed by atoms with Gasteiger partial charge in [-0.05, 0) is 32.0 Å². The molecular weight excluding hydrogens is 332 g/mol. The number of likely N-dealkylation sites (N-methyl/N-ethyl adjacent to an activating group) is 1. The van der Waals surface area contributed by atoms with Crippen molar-refractivity contribution in [2.24, 2.45) is 0 Å². The molecule has 0 saturated heterocycles. The van der Waals surface area contributed by atoms with Crippen LogP contribution in [0.4, 0.5) is 5.69 Å². The van der Waals surface area contributed by atoms with Crippen LogP contribution < -0.4 is 5.73 Å². The molecule has 1 aromatic rings. The summed E-state index contributed by atoms with van der Waals surface area (Å²) >= 11 is 3.23. The van der Waals surface area contributed by atoms with Gasteiger partial charge in [0.2, 0.25) is 10.0 Å².